The van der Waals surface area contributed by atoms with Crippen molar-refractivity contribution in [3.8, 4) is 0 Å². The zero-order valence-electron chi connectivity index (χ0n) is 13.0. The van der Waals surface area contributed by atoms with E-state index in [1.54, 1.807) is 13.1 Å². The number of aryl methyl sites for hydroxylation is 1. The number of hydrogen-bond donors (Lipinski definition) is 1. The fourth-order valence-corrected chi connectivity index (χ4v) is 2.94. The Bertz CT molecular complexity index is 708. The lowest BCUT2D eigenvalue weighted by Gasteiger charge is -2.22. The van der Waals surface area contributed by atoms with Crippen molar-refractivity contribution in [1.82, 2.24) is 20.0 Å². The van der Waals surface area contributed by atoms with E-state index in [9.17, 15) is 4.79 Å². The number of likely N-dealkylation sites (tertiary alicyclic amines) is 1. The molecule has 1 aliphatic carbocycles. The van der Waals surface area contributed by atoms with E-state index >= 15 is 0 Å². The molecule has 1 aliphatic heterocycles. The highest BCUT2D eigenvalue weighted by atomic mass is 16.5. The number of nitrogens with one attached hydrogen (secondary N) is 1. The van der Waals surface area contributed by atoms with Gasteiger partial charge in [-0.25, -0.2) is 4.98 Å². The number of hydrogen-bond acceptors (Lipinski definition) is 6. The highest BCUT2D eigenvalue weighted by molar-refractivity contribution is 5.94. The van der Waals surface area contributed by atoms with Crippen LogP contribution in [-0.2, 0) is 0 Å². The zero-order valence-corrected chi connectivity index (χ0v) is 13.0. The molecule has 2 aromatic heterocycles. The van der Waals surface area contributed by atoms with Crippen LogP contribution >= 0.6 is 0 Å². The topological polar surface area (TPSA) is 84.2 Å². The zero-order chi connectivity index (χ0) is 15.8. The molecule has 2 aliphatic rings. The Balaban J connectivity index is 1.50. The van der Waals surface area contributed by atoms with Crippen LogP contribution in [0.4, 0.5) is 5.82 Å². The first kappa shape index (κ1) is 14.2. The lowest BCUT2D eigenvalue weighted by Crippen LogP contribution is -2.31. The standard InChI is InChI=1S/C16H19N5O2/c1-10-18-15(20-23-10)13-3-2-8-21(13)16(22)11-4-7-14(17-9-11)19-12-5-6-12/h4,7,9,12-13H,2-3,5-6,8H2,1H3,(H,17,19). The summed E-state index contributed by atoms with van der Waals surface area (Å²) in [6.07, 6.45) is 5.84. The van der Waals surface area contributed by atoms with Gasteiger partial charge in [0.1, 0.15) is 5.82 Å². The van der Waals surface area contributed by atoms with Gasteiger partial charge < -0.3 is 14.7 Å². The Morgan fingerprint density at radius 2 is 2.22 bits per heavy atom. The van der Waals surface area contributed by atoms with Crippen LogP contribution in [0.25, 0.3) is 0 Å². The number of pyridine rings is 1. The van der Waals surface area contributed by atoms with Crippen LogP contribution in [0.2, 0.25) is 0 Å². The van der Waals surface area contributed by atoms with Crippen LogP contribution in [0.1, 0.15) is 53.8 Å². The molecule has 4 rings (SSSR count). The summed E-state index contributed by atoms with van der Waals surface area (Å²) in [5.41, 5.74) is 0.596. The Labute approximate surface area is 134 Å². The second kappa shape index (κ2) is 5.64. The monoisotopic (exact) mass is 313 g/mol. The molecule has 3 heterocycles. The average Bonchev–Trinajstić information content (AvgIpc) is 3.07. The van der Waals surface area contributed by atoms with E-state index in [0.717, 1.165) is 18.7 Å². The molecule has 1 unspecified atom stereocenters. The number of carbonyl (C=O) groups is 1. The molecule has 0 aromatic carbocycles. The van der Waals surface area contributed by atoms with Crippen molar-refractivity contribution in [3.05, 3.63) is 35.6 Å². The molecule has 1 saturated carbocycles. The normalized spacial score (nSPS) is 20.7. The lowest BCUT2D eigenvalue weighted by atomic mass is 10.2. The number of nitrogens with zero attached hydrogens (tertiary/aromatic N) is 4. The molecule has 0 spiro atoms. The van der Waals surface area contributed by atoms with Crippen molar-refractivity contribution >= 4 is 11.7 Å². The fourth-order valence-electron chi connectivity index (χ4n) is 2.94. The maximum absolute atomic E-state index is 12.8. The van der Waals surface area contributed by atoms with Gasteiger partial charge in [0.15, 0.2) is 5.82 Å². The van der Waals surface area contributed by atoms with E-state index in [1.165, 1.54) is 12.8 Å². The molecular weight excluding hydrogens is 294 g/mol. The van der Waals surface area contributed by atoms with Crippen LogP contribution in [0.5, 0.6) is 0 Å². The van der Waals surface area contributed by atoms with Gasteiger partial charge in [-0.1, -0.05) is 5.16 Å². The minimum absolute atomic E-state index is 0.0274. The highest BCUT2D eigenvalue weighted by Crippen LogP contribution is 2.31. The van der Waals surface area contributed by atoms with Crippen molar-refractivity contribution in [3.63, 3.8) is 0 Å². The van der Waals surface area contributed by atoms with Crippen molar-refractivity contribution in [2.75, 3.05) is 11.9 Å². The largest absolute Gasteiger partial charge is 0.367 e. The summed E-state index contributed by atoms with van der Waals surface area (Å²) in [6.45, 7) is 2.46. The second-order valence-corrected chi connectivity index (χ2v) is 6.18. The van der Waals surface area contributed by atoms with Crippen LogP contribution in [0.15, 0.2) is 22.9 Å². The van der Waals surface area contributed by atoms with Crippen LogP contribution < -0.4 is 5.32 Å². The molecule has 7 nitrogen and oxygen atoms in total. The minimum Gasteiger partial charge on any atom is -0.367 e. The number of anilines is 1. The van der Waals surface area contributed by atoms with Crippen molar-refractivity contribution in [2.45, 2.75) is 44.7 Å². The Morgan fingerprint density at radius 1 is 1.35 bits per heavy atom. The molecule has 1 amide bonds. The summed E-state index contributed by atoms with van der Waals surface area (Å²) in [4.78, 5) is 23.2. The molecule has 1 atom stereocenters. The van der Waals surface area contributed by atoms with Crippen molar-refractivity contribution in [1.29, 1.82) is 0 Å². The van der Waals surface area contributed by atoms with Gasteiger partial charge in [0.05, 0.1) is 11.6 Å². The van der Waals surface area contributed by atoms with Gasteiger partial charge in [0.2, 0.25) is 5.89 Å². The summed E-state index contributed by atoms with van der Waals surface area (Å²) in [7, 11) is 0. The van der Waals surface area contributed by atoms with Gasteiger partial charge in [-0.2, -0.15) is 4.98 Å². The quantitative estimate of drug-likeness (QED) is 0.932. The minimum atomic E-state index is -0.107. The molecule has 1 N–H and O–H groups in total. The Morgan fingerprint density at radius 3 is 2.87 bits per heavy atom. The van der Waals surface area contributed by atoms with E-state index in [1.807, 2.05) is 17.0 Å². The first-order chi connectivity index (χ1) is 11.2. The molecule has 0 radical (unpaired) electrons. The van der Waals surface area contributed by atoms with Crippen LogP contribution in [0.3, 0.4) is 0 Å². The van der Waals surface area contributed by atoms with Gasteiger partial charge in [-0.15, -0.1) is 0 Å². The van der Waals surface area contributed by atoms with Gasteiger partial charge >= 0.3 is 0 Å². The molecule has 1 saturated heterocycles. The van der Waals surface area contributed by atoms with E-state index in [2.05, 4.69) is 20.4 Å². The number of carbonyl (C=O) groups excluding carboxylic acids is 1. The molecule has 2 aromatic rings. The van der Waals surface area contributed by atoms with Crippen LogP contribution in [-0.4, -0.2) is 38.5 Å². The summed E-state index contributed by atoms with van der Waals surface area (Å²) in [5, 5.41) is 7.29. The molecule has 7 heteroatoms. The maximum atomic E-state index is 12.8. The third-order valence-electron chi connectivity index (χ3n) is 4.29. The SMILES string of the molecule is Cc1nc(C2CCCN2C(=O)c2ccc(NC3CC3)nc2)no1. The average molecular weight is 313 g/mol. The van der Waals surface area contributed by atoms with Gasteiger partial charge in [-0.05, 0) is 37.8 Å². The smallest absolute Gasteiger partial charge is 0.256 e. The highest BCUT2D eigenvalue weighted by Gasteiger charge is 2.33. The summed E-state index contributed by atoms with van der Waals surface area (Å²) >= 11 is 0. The number of amides is 1. The van der Waals surface area contributed by atoms with Crippen LogP contribution in [0, 0.1) is 6.92 Å². The van der Waals surface area contributed by atoms with E-state index in [0.29, 0.717) is 29.9 Å². The van der Waals surface area contributed by atoms with Gasteiger partial charge in [-0.3, -0.25) is 4.79 Å². The van der Waals surface area contributed by atoms with Crippen molar-refractivity contribution in [2.24, 2.45) is 0 Å². The summed E-state index contributed by atoms with van der Waals surface area (Å²) in [6, 6.07) is 4.14. The van der Waals surface area contributed by atoms with E-state index in [-0.39, 0.29) is 11.9 Å². The van der Waals surface area contributed by atoms with Gasteiger partial charge in [0, 0.05) is 25.7 Å². The Kier molecular flexibility index (Phi) is 3.48. The number of rotatable bonds is 4. The molecule has 0 bridgehead atoms. The predicted octanol–water partition coefficient (Wildman–Crippen LogP) is 2.32. The first-order valence-electron chi connectivity index (χ1n) is 8.04. The predicted molar refractivity (Wildman–Crippen MR) is 82.9 cm³/mol. The maximum Gasteiger partial charge on any atom is 0.256 e. The summed E-state index contributed by atoms with van der Waals surface area (Å²) in [5.74, 6) is 1.92. The Hall–Kier alpha value is -2.44. The fraction of sp³-hybridized carbons (Fsp3) is 0.500. The molecular formula is C16H19N5O2. The first-order valence-corrected chi connectivity index (χ1v) is 8.04. The molecule has 120 valence electrons. The van der Waals surface area contributed by atoms with E-state index in [4.69, 9.17) is 4.52 Å². The third-order valence-corrected chi connectivity index (χ3v) is 4.29. The van der Waals surface area contributed by atoms with E-state index < -0.39 is 0 Å². The molecule has 2 fully saturated rings. The van der Waals surface area contributed by atoms with Gasteiger partial charge in [0.25, 0.3) is 5.91 Å². The number of aromatic nitrogens is 3. The van der Waals surface area contributed by atoms with Crippen molar-refractivity contribution < 1.29 is 9.32 Å². The second-order valence-electron chi connectivity index (χ2n) is 6.18. The third kappa shape index (κ3) is 2.91. The molecule has 23 heavy (non-hydrogen) atoms. The lowest BCUT2D eigenvalue weighted by molar-refractivity contribution is 0.0728. The summed E-state index contributed by atoms with van der Waals surface area (Å²) < 4.78 is 5.05.